The minimum absolute atomic E-state index is 0.239. The quantitative estimate of drug-likeness (QED) is 0.403. The molecule has 0 saturated carbocycles. The highest BCUT2D eigenvalue weighted by Gasteiger charge is 2.20. The molecule has 0 aliphatic heterocycles. The molecule has 0 saturated heterocycles. The molecule has 10 heteroatoms. The van der Waals surface area contributed by atoms with Gasteiger partial charge in [0.25, 0.3) is 5.91 Å². The average molecular weight is 557 g/mol. The second-order valence-electron chi connectivity index (χ2n) is 6.69. The van der Waals surface area contributed by atoms with E-state index in [2.05, 4.69) is 42.2 Å². The number of carboxylic acids is 1. The van der Waals surface area contributed by atoms with Crippen LogP contribution in [0.1, 0.15) is 30.0 Å². The number of aryl methyl sites for hydroxylation is 1. The maximum atomic E-state index is 13.6. The van der Waals surface area contributed by atoms with E-state index in [1.54, 1.807) is 30.3 Å². The number of benzene rings is 2. The highest BCUT2D eigenvalue weighted by molar-refractivity contribution is 9.11. The summed E-state index contributed by atoms with van der Waals surface area (Å²) in [6, 6.07) is 8.56. The number of nitrogens with one attached hydrogen (secondary N) is 1. The van der Waals surface area contributed by atoms with Gasteiger partial charge in [-0.1, -0.05) is 0 Å². The molecule has 0 aliphatic rings. The fourth-order valence-electron chi connectivity index (χ4n) is 3.14. The largest absolute Gasteiger partial charge is 0.479 e. The lowest BCUT2D eigenvalue weighted by molar-refractivity contribution is -0.142. The Morgan fingerprint density at radius 2 is 1.90 bits per heavy atom. The summed E-state index contributed by atoms with van der Waals surface area (Å²) >= 11 is 6.81. The summed E-state index contributed by atoms with van der Waals surface area (Å²) in [6.07, 6.45) is -2.24. The van der Waals surface area contributed by atoms with Crippen LogP contribution in [-0.4, -0.2) is 39.3 Å². The van der Waals surface area contributed by atoms with E-state index in [0.29, 0.717) is 50.4 Å². The van der Waals surface area contributed by atoms with Gasteiger partial charge in [0.15, 0.2) is 11.6 Å². The molecule has 1 amide bonds. The summed E-state index contributed by atoms with van der Waals surface area (Å²) in [5, 5.41) is 11.5. The Kier molecular flexibility index (Phi) is 7.32. The third-order valence-corrected chi connectivity index (χ3v) is 5.72. The summed E-state index contributed by atoms with van der Waals surface area (Å²) in [4.78, 5) is 27.5. The van der Waals surface area contributed by atoms with Crippen molar-refractivity contribution in [3.63, 3.8) is 0 Å². The summed E-state index contributed by atoms with van der Waals surface area (Å²) in [5.74, 6) is -0.424. The monoisotopic (exact) mass is 555 g/mol. The van der Waals surface area contributed by atoms with Crippen LogP contribution in [0.3, 0.4) is 0 Å². The number of fused-ring (bicyclic) bond motifs is 1. The molecule has 7 nitrogen and oxygen atoms in total. The topological polar surface area (TPSA) is 93.4 Å². The van der Waals surface area contributed by atoms with Crippen LogP contribution in [0.25, 0.3) is 11.0 Å². The fraction of sp³-hybridized carbons (Fsp3) is 0.286. The number of imidazole rings is 1. The number of aromatic nitrogens is 2. The first-order valence-electron chi connectivity index (χ1n) is 9.56. The van der Waals surface area contributed by atoms with Gasteiger partial charge in [-0.05, 0) is 75.5 Å². The Morgan fingerprint density at radius 1 is 1.23 bits per heavy atom. The standard InChI is InChI=1S/C21H20Br2FN3O4/c1-3-25-20(28)19-26-16-6-5-12(10-17(16)27(19)4-2)31-18-13(22)7-11(8-14(18)23)9-15(24)21(29)30/h5-8,10,15H,3-4,9H2,1-2H3,(H,25,28)(H,29,30). The van der Waals surface area contributed by atoms with Crippen LogP contribution in [-0.2, 0) is 17.8 Å². The lowest BCUT2D eigenvalue weighted by Crippen LogP contribution is -2.26. The minimum Gasteiger partial charge on any atom is -0.479 e. The number of hydrogen-bond donors (Lipinski definition) is 2. The van der Waals surface area contributed by atoms with Crippen molar-refractivity contribution in [1.29, 1.82) is 0 Å². The second-order valence-corrected chi connectivity index (χ2v) is 8.40. The fourth-order valence-corrected chi connectivity index (χ4v) is 4.58. The summed E-state index contributed by atoms with van der Waals surface area (Å²) < 4.78 is 22.5. The van der Waals surface area contributed by atoms with E-state index in [0.717, 1.165) is 5.52 Å². The van der Waals surface area contributed by atoms with Crippen LogP contribution in [0.4, 0.5) is 4.39 Å². The molecule has 2 aromatic carbocycles. The van der Waals surface area contributed by atoms with Crippen LogP contribution in [0.15, 0.2) is 39.3 Å². The zero-order valence-electron chi connectivity index (χ0n) is 16.8. The lowest BCUT2D eigenvalue weighted by atomic mass is 10.1. The van der Waals surface area contributed by atoms with Crippen molar-refractivity contribution in [1.82, 2.24) is 14.9 Å². The van der Waals surface area contributed by atoms with Gasteiger partial charge in [-0.25, -0.2) is 14.2 Å². The molecule has 2 N–H and O–H groups in total. The molecular weight excluding hydrogens is 537 g/mol. The number of hydrogen-bond acceptors (Lipinski definition) is 4. The average Bonchev–Trinajstić information content (AvgIpc) is 3.08. The van der Waals surface area contributed by atoms with Crippen LogP contribution in [0.2, 0.25) is 0 Å². The minimum atomic E-state index is -1.98. The van der Waals surface area contributed by atoms with Gasteiger partial charge in [0.05, 0.1) is 20.0 Å². The van der Waals surface area contributed by atoms with E-state index >= 15 is 0 Å². The van der Waals surface area contributed by atoms with Crippen LogP contribution >= 0.6 is 31.9 Å². The van der Waals surface area contributed by atoms with Gasteiger partial charge >= 0.3 is 5.97 Å². The summed E-state index contributed by atoms with van der Waals surface area (Å²) in [6.45, 7) is 4.84. The molecular formula is C21H20Br2FN3O4. The molecule has 1 atom stereocenters. The van der Waals surface area contributed by atoms with Gasteiger partial charge < -0.3 is 19.7 Å². The van der Waals surface area contributed by atoms with E-state index in [1.807, 2.05) is 18.4 Å². The Labute approximate surface area is 194 Å². The normalized spacial score (nSPS) is 12.0. The first-order valence-corrected chi connectivity index (χ1v) is 11.1. The predicted molar refractivity (Wildman–Crippen MR) is 122 cm³/mol. The van der Waals surface area contributed by atoms with Gasteiger partial charge in [-0.3, -0.25) is 4.79 Å². The molecule has 0 fully saturated rings. The van der Waals surface area contributed by atoms with Crippen molar-refractivity contribution in [2.24, 2.45) is 0 Å². The SMILES string of the molecule is CCNC(=O)c1nc2ccc(Oc3c(Br)cc(CC(F)C(=O)O)cc3Br)cc2n1CC. The predicted octanol–water partition coefficient (Wildman–Crippen LogP) is 5.09. The number of aliphatic carboxylic acids is 1. The van der Waals surface area contributed by atoms with Crippen molar-refractivity contribution < 1.29 is 23.8 Å². The number of carboxylic acid groups (broad SMARTS) is 1. The van der Waals surface area contributed by atoms with Gasteiger partial charge in [0, 0.05) is 25.6 Å². The molecule has 0 aliphatic carbocycles. The first-order chi connectivity index (χ1) is 14.7. The number of carbonyl (C=O) groups excluding carboxylic acids is 1. The Morgan fingerprint density at radius 3 is 2.48 bits per heavy atom. The van der Waals surface area contributed by atoms with Crippen molar-refractivity contribution >= 4 is 54.8 Å². The number of alkyl halides is 1. The molecule has 3 aromatic rings. The van der Waals surface area contributed by atoms with Crippen LogP contribution < -0.4 is 10.1 Å². The third-order valence-electron chi connectivity index (χ3n) is 4.54. The van der Waals surface area contributed by atoms with Gasteiger partial charge in [-0.15, -0.1) is 0 Å². The molecule has 31 heavy (non-hydrogen) atoms. The highest BCUT2D eigenvalue weighted by atomic mass is 79.9. The van der Waals surface area contributed by atoms with Gasteiger partial charge in [0.2, 0.25) is 6.17 Å². The molecule has 0 spiro atoms. The summed E-state index contributed by atoms with van der Waals surface area (Å²) in [5.41, 5.74) is 1.94. The van der Waals surface area contributed by atoms with Gasteiger partial charge in [-0.2, -0.15) is 0 Å². The Balaban J connectivity index is 1.93. The van der Waals surface area contributed by atoms with Crippen molar-refractivity contribution in [3.8, 4) is 11.5 Å². The molecule has 1 aromatic heterocycles. The van der Waals surface area contributed by atoms with Gasteiger partial charge in [0.1, 0.15) is 5.75 Å². The zero-order valence-corrected chi connectivity index (χ0v) is 20.0. The maximum Gasteiger partial charge on any atom is 0.338 e. The molecule has 1 unspecified atom stereocenters. The number of amides is 1. The summed E-state index contributed by atoms with van der Waals surface area (Å²) in [7, 11) is 0. The van der Waals surface area contributed by atoms with E-state index in [4.69, 9.17) is 9.84 Å². The number of nitrogens with zero attached hydrogens (tertiary/aromatic N) is 2. The van der Waals surface area contributed by atoms with Crippen LogP contribution in [0, 0.1) is 0 Å². The molecule has 0 radical (unpaired) electrons. The maximum absolute atomic E-state index is 13.6. The molecule has 164 valence electrons. The first kappa shape index (κ1) is 23.2. The Hall–Kier alpha value is -2.46. The highest BCUT2D eigenvalue weighted by Crippen LogP contribution is 2.39. The Bertz CT molecular complexity index is 1130. The number of ether oxygens (including phenoxy) is 1. The van der Waals surface area contributed by atoms with Crippen LogP contribution in [0.5, 0.6) is 11.5 Å². The molecule has 1 heterocycles. The number of rotatable bonds is 8. The zero-order chi connectivity index (χ0) is 22.7. The van der Waals surface area contributed by atoms with E-state index in [1.165, 1.54) is 0 Å². The van der Waals surface area contributed by atoms with E-state index < -0.39 is 12.1 Å². The van der Waals surface area contributed by atoms with Crippen molar-refractivity contribution in [3.05, 3.63) is 50.7 Å². The third kappa shape index (κ3) is 5.07. The molecule has 0 bridgehead atoms. The second kappa shape index (κ2) is 9.78. The van der Waals surface area contributed by atoms with Crippen molar-refractivity contribution in [2.75, 3.05) is 6.54 Å². The molecule has 3 rings (SSSR count). The number of halogens is 3. The lowest BCUT2D eigenvalue weighted by Gasteiger charge is -2.13. The van der Waals surface area contributed by atoms with Crippen molar-refractivity contribution in [2.45, 2.75) is 33.0 Å². The number of carbonyl (C=O) groups is 2. The smallest absolute Gasteiger partial charge is 0.338 e. The van der Waals surface area contributed by atoms with E-state index in [-0.39, 0.29) is 12.3 Å². The van der Waals surface area contributed by atoms with E-state index in [9.17, 15) is 14.0 Å².